The van der Waals surface area contributed by atoms with Crippen LogP contribution in [0.25, 0.3) is 0 Å². The number of rotatable bonds is 4. The van der Waals surface area contributed by atoms with Gasteiger partial charge in [0, 0.05) is 0 Å². The van der Waals surface area contributed by atoms with Crippen molar-refractivity contribution in [2.75, 3.05) is 0 Å². The molecular weight excluding hydrogens is 376 g/mol. The Bertz CT molecular complexity index is 767. The zero-order valence-corrected chi connectivity index (χ0v) is 21.9. The number of aliphatic hydroxyl groups excluding tert-OH is 1. The first-order valence-electron chi connectivity index (χ1n) is 13.4. The fraction of sp³-hybridized carbons (Fsp3) is 0.867. The SMILES string of the molecule is CC(C)=CCC[C@@H](C)[C@H]1CC[C@@]2(C)C3=C(CC[C@]12C)[C@@]1(C)CC[C@@H](O)C(C)(C)C1CC3. The van der Waals surface area contributed by atoms with Crippen LogP contribution in [0.15, 0.2) is 22.8 Å². The van der Waals surface area contributed by atoms with Crippen LogP contribution < -0.4 is 0 Å². The monoisotopic (exact) mass is 426 g/mol. The maximum atomic E-state index is 10.8. The Morgan fingerprint density at radius 1 is 0.968 bits per heavy atom. The molecule has 1 nitrogen and oxygen atoms in total. The molecule has 0 amide bonds. The van der Waals surface area contributed by atoms with Gasteiger partial charge in [0.05, 0.1) is 6.10 Å². The molecule has 0 saturated heterocycles. The van der Waals surface area contributed by atoms with Gasteiger partial charge in [0.1, 0.15) is 0 Å². The molecule has 31 heavy (non-hydrogen) atoms. The Balaban J connectivity index is 1.65. The summed E-state index contributed by atoms with van der Waals surface area (Å²) in [7, 11) is 0. The molecule has 0 bridgehead atoms. The average Bonchev–Trinajstić information content (AvgIpc) is 2.96. The van der Waals surface area contributed by atoms with Gasteiger partial charge in [0.15, 0.2) is 0 Å². The van der Waals surface area contributed by atoms with Crippen molar-refractivity contribution in [2.45, 2.75) is 126 Å². The summed E-state index contributed by atoms with van der Waals surface area (Å²) in [6.07, 6.45) is 15.2. The van der Waals surface area contributed by atoms with E-state index in [9.17, 15) is 5.11 Å². The molecule has 2 saturated carbocycles. The zero-order valence-electron chi connectivity index (χ0n) is 21.9. The van der Waals surface area contributed by atoms with Crippen molar-refractivity contribution in [2.24, 2.45) is 39.4 Å². The van der Waals surface area contributed by atoms with Crippen molar-refractivity contribution in [1.29, 1.82) is 0 Å². The molecule has 0 aromatic carbocycles. The molecule has 0 heterocycles. The van der Waals surface area contributed by atoms with E-state index in [1.54, 1.807) is 0 Å². The Morgan fingerprint density at radius 2 is 1.68 bits per heavy atom. The van der Waals surface area contributed by atoms with Gasteiger partial charge in [-0.1, -0.05) is 64.3 Å². The second-order valence-corrected chi connectivity index (χ2v) is 13.6. The van der Waals surface area contributed by atoms with Crippen molar-refractivity contribution in [3.8, 4) is 0 Å². The zero-order chi connectivity index (χ0) is 22.8. The molecular formula is C30H50O. The second kappa shape index (κ2) is 7.75. The molecule has 0 radical (unpaired) electrons. The van der Waals surface area contributed by atoms with Crippen LogP contribution in [-0.4, -0.2) is 11.2 Å². The highest BCUT2D eigenvalue weighted by Gasteiger charge is 2.63. The van der Waals surface area contributed by atoms with Gasteiger partial charge in [-0.05, 0) is 117 Å². The minimum absolute atomic E-state index is 0.0465. The minimum Gasteiger partial charge on any atom is -0.393 e. The Labute approximate surface area is 193 Å². The molecule has 0 aliphatic heterocycles. The smallest absolute Gasteiger partial charge is 0.0594 e. The summed E-state index contributed by atoms with van der Waals surface area (Å²) in [5.74, 6) is 2.32. The highest BCUT2D eigenvalue weighted by atomic mass is 16.3. The molecule has 0 aromatic rings. The van der Waals surface area contributed by atoms with E-state index in [1.807, 2.05) is 11.1 Å². The summed E-state index contributed by atoms with van der Waals surface area (Å²) in [6, 6.07) is 0. The van der Waals surface area contributed by atoms with Crippen LogP contribution in [0.3, 0.4) is 0 Å². The predicted molar refractivity (Wildman–Crippen MR) is 133 cm³/mol. The second-order valence-electron chi connectivity index (χ2n) is 13.6. The number of hydrogen-bond acceptors (Lipinski definition) is 1. The molecule has 176 valence electrons. The van der Waals surface area contributed by atoms with Crippen molar-refractivity contribution in [3.05, 3.63) is 22.8 Å². The van der Waals surface area contributed by atoms with Gasteiger partial charge in [0.25, 0.3) is 0 Å². The van der Waals surface area contributed by atoms with Gasteiger partial charge in [-0.25, -0.2) is 0 Å². The van der Waals surface area contributed by atoms with Crippen LogP contribution in [0, 0.1) is 39.4 Å². The van der Waals surface area contributed by atoms with E-state index in [0.717, 1.165) is 18.3 Å². The van der Waals surface area contributed by atoms with Crippen molar-refractivity contribution in [1.82, 2.24) is 0 Å². The Hall–Kier alpha value is -0.560. The molecule has 1 heteroatoms. The van der Waals surface area contributed by atoms with Gasteiger partial charge < -0.3 is 5.11 Å². The largest absolute Gasteiger partial charge is 0.393 e. The van der Waals surface area contributed by atoms with Crippen molar-refractivity contribution >= 4 is 0 Å². The molecule has 1 unspecified atom stereocenters. The van der Waals surface area contributed by atoms with E-state index in [-0.39, 0.29) is 11.5 Å². The van der Waals surface area contributed by atoms with Crippen molar-refractivity contribution in [3.63, 3.8) is 0 Å². The van der Waals surface area contributed by atoms with Crippen LogP contribution >= 0.6 is 0 Å². The van der Waals surface area contributed by atoms with E-state index >= 15 is 0 Å². The molecule has 7 atom stereocenters. The fourth-order valence-electron chi connectivity index (χ4n) is 9.47. The number of hydrogen-bond donors (Lipinski definition) is 1. The average molecular weight is 427 g/mol. The van der Waals surface area contributed by atoms with Crippen LogP contribution in [0.5, 0.6) is 0 Å². The molecule has 0 spiro atoms. The summed E-state index contributed by atoms with van der Waals surface area (Å²) < 4.78 is 0. The van der Waals surface area contributed by atoms with E-state index in [0.29, 0.717) is 22.2 Å². The first-order chi connectivity index (χ1) is 14.4. The van der Waals surface area contributed by atoms with E-state index in [4.69, 9.17) is 0 Å². The maximum Gasteiger partial charge on any atom is 0.0594 e. The third-order valence-electron chi connectivity index (χ3n) is 11.7. The lowest BCUT2D eigenvalue weighted by molar-refractivity contribution is -0.0962. The summed E-state index contributed by atoms with van der Waals surface area (Å²) >= 11 is 0. The lowest BCUT2D eigenvalue weighted by atomic mass is 9.43. The first-order valence-corrected chi connectivity index (χ1v) is 13.4. The third-order valence-corrected chi connectivity index (χ3v) is 11.7. The van der Waals surface area contributed by atoms with Gasteiger partial charge in [-0.15, -0.1) is 0 Å². The highest BCUT2D eigenvalue weighted by Crippen LogP contribution is 2.72. The predicted octanol–water partition coefficient (Wildman–Crippen LogP) is 8.48. The van der Waals surface area contributed by atoms with E-state index in [2.05, 4.69) is 61.5 Å². The molecule has 4 aliphatic rings. The third kappa shape index (κ3) is 3.34. The molecule has 4 rings (SSSR count). The Morgan fingerprint density at radius 3 is 2.35 bits per heavy atom. The minimum atomic E-state index is -0.130. The standard InChI is InChI=1S/C30H50O/c1-20(2)10-9-11-21(3)22-14-18-30(8)24-12-13-25-27(4,5)26(31)16-17-28(25,6)23(24)15-19-29(22,30)7/h10,21-22,25-26,31H,9,11-19H2,1-8H3/t21-,22-,25?,26-,28-,29-,30+/m1/s1. The summed E-state index contributed by atoms with van der Waals surface area (Å²) in [5, 5.41) is 10.8. The summed E-state index contributed by atoms with van der Waals surface area (Å²) in [4.78, 5) is 0. The van der Waals surface area contributed by atoms with Gasteiger partial charge in [0.2, 0.25) is 0 Å². The molecule has 4 aliphatic carbocycles. The van der Waals surface area contributed by atoms with E-state index in [1.165, 1.54) is 63.4 Å². The number of allylic oxidation sites excluding steroid dienone is 4. The lowest BCUT2D eigenvalue weighted by Gasteiger charge is -2.62. The first kappa shape index (κ1) is 23.6. The van der Waals surface area contributed by atoms with E-state index < -0.39 is 0 Å². The fourth-order valence-corrected chi connectivity index (χ4v) is 9.47. The topological polar surface area (TPSA) is 20.2 Å². The number of fused-ring (bicyclic) bond motifs is 4. The number of aliphatic hydroxyl groups is 1. The quantitative estimate of drug-likeness (QED) is 0.447. The van der Waals surface area contributed by atoms with Crippen LogP contribution in [-0.2, 0) is 0 Å². The summed E-state index contributed by atoms with van der Waals surface area (Å²) in [5.41, 5.74) is 6.41. The Kier molecular flexibility index (Phi) is 5.90. The van der Waals surface area contributed by atoms with Gasteiger partial charge in [-0.2, -0.15) is 0 Å². The van der Waals surface area contributed by atoms with Crippen LogP contribution in [0.4, 0.5) is 0 Å². The normalized spacial score (nSPS) is 44.9. The van der Waals surface area contributed by atoms with Crippen molar-refractivity contribution < 1.29 is 5.11 Å². The van der Waals surface area contributed by atoms with Gasteiger partial charge in [-0.3, -0.25) is 0 Å². The molecule has 0 aromatic heterocycles. The summed E-state index contributed by atoms with van der Waals surface area (Å²) in [6.45, 7) is 19.6. The highest BCUT2D eigenvalue weighted by molar-refractivity contribution is 5.38. The molecule has 2 fully saturated rings. The van der Waals surface area contributed by atoms with Crippen LogP contribution in [0.1, 0.15) is 120 Å². The van der Waals surface area contributed by atoms with Gasteiger partial charge >= 0.3 is 0 Å². The molecule has 1 N–H and O–H groups in total. The lowest BCUT2D eigenvalue weighted by Crippen LogP contribution is -2.55. The maximum absolute atomic E-state index is 10.8. The van der Waals surface area contributed by atoms with Crippen LogP contribution in [0.2, 0.25) is 0 Å².